The van der Waals surface area contributed by atoms with E-state index >= 15 is 0 Å². The molecule has 166 valence electrons. The Kier molecular flexibility index (Phi) is 5.38. The van der Waals surface area contributed by atoms with Crippen molar-refractivity contribution in [1.29, 1.82) is 0 Å². The van der Waals surface area contributed by atoms with Gasteiger partial charge in [0.2, 0.25) is 0 Å². The molecule has 2 aliphatic rings. The topological polar surface area (TPSA) is 88.6 Å². The van der Waals surface area contributed by atoms with E-state index in [0.29, 0.717) is 28.8 Å². The molecule has 9 heteroatoms. The van der Waals surface area contributed by atoms with Gasteiger partial charge in [-0.05, 0) is 74.1 Å². The lowest BCUT2D eigenvalue weighted by atomic mass is 9.92. The van der Waals surface area contributed by atoms with E-state index < -0.39 is 10.0 Å². The number of rotatable bonds is 5. The highest BCUT2D eigenvalue weighted by Crippen LogP contribution is 2.37. The summed E-state index contributed by atoms with van der Waals surface area (Å²) in [6.07, 6.45) is 4.16. The van der Waals surface area contributed by atoms with Crippen LogP contribution in [0.5, 0.6) is 5.75 Å². The van der Waals surface area contributed by atoms with Gasteiger partial charge in [-0.25, -0.2) is 13.4 Å². The Morgan fingerprint density at radius 2 is 1.94 bits per heavy atom. The molecule has 0 saturated heterocycles. The van der Waals surface area contributed by atoms with Crippen molar-refractivity contribution in [3.8, 4) is 17.0 Å². The van der Waals surface area contributed by atoms with E-state index in [-0.39, 0.29) is 17.4 Å². The van der Waals surface area contributed by atoms with Crippen molar-refractivity contribution in [2.24, 2.45) is 0 Å². The standard InChI is InChI=1S/C23H23N3O4S2/c1-2-26-20-12-17(8-10-21(20)30-13-22(26)27)19-14-31-23(24-19)25-32(28,29)18-9-7-15-5-3-4-6-16(15)11-18/h7-12,14H,2-6,13H2,1H3,(H,24,25). The second-order valence-electron chi connectivity index (χ2n) is 7.89. The molecule has 2 heterocycles. The number of amides is 1. The molecule has 3 aromatic rings. The quantitative estimate of drug-likeness (QED) is 0.604. The number of anilines is 2. The van der Waals surface area contributed by atoms with E-state index in [1.54, 1.807) is 22.4 Å². The van der Waals surface area contributed by atoms with Gasteiger partial charge in [0.05, 0.1) is 16.3 Å². The monoisotopic (exact) mass is 469 g/mol. The lowest BCUT2D eigenvalue weighted by Crippen LogP contribution is -2.38. The number of sulfonamides is 1. The zero-order valence-electron chi connectivity index (χ0n) is 17.6. The molecule has 0 fully saturated rings. The number of carbonyl (C=O) groups is 1. The number of aryl methyl sites for hydroxylation is 2. The fourth-order valence-corrected chi connectivity index (χ4v) is 6.23. The van der Waals surface area contributed by atoms with E-state index in [2.05, 4.69) is 9.71 Å². The van der Waals surface area contributed by atoms with E-state index in [1.165, 1.54) is 16.9 Å². The number of likely N-dealkylation sites (N-methyl/N-ethyl adjacent to an activating group) is 1. The van der Waals surface area contributed by atoms with Gasteiger partial charge in [0.15, 0.2) is 11.7 Å². The maximum absolute atomic E-state index is 12.9. The highest BCUT2D eigenvalue weighted by Gasteiger charge is 2.25. The van der Waals surface area contributed by atoms with Crippen molar-refractivity contribution in [3.63, 3.8) is 0 Å². The molecule has 0 saturated carbocycles. The fraction of sp³-hybridized carbons (Fsp3) is 0.304. The molecule has 0 atom stereocenters. The van der Waals surface area contributed by atoms with Gasteiger partial charge in [-0.3, -0.25) is 9.52 Å². The van der Waals surface area contributed by atoms with Crippen LogP contribution in [-0.4, -0.2) is 32.5 Å². The average molecular weight is 470 g/mol. The predicted molar refractivity (Wildman–Crippen MR) is 125 cm³/mol. The van der Waals surface area contributed by atoms with Gasteiger partial charge in [0, 0.05) is 17.5 Å². The van der Waals surface area contributed by atoms with Crippen LogP contribution in [0.2, 0.25) is 0 Å². The summed E-state index contributed by atoms with van der Waals surface area (Å²) in [4.78, 5) is 18.6. The Morgan fingerprint density at radius 3 is 2.75 bits per heavy atom. The molecule has 1 amide bonds. The summed E-state index contributed by atoms with van der Waals surface area (Å²) < 4.78 is 34.0. The third-order valence-electron chi connectivity index (χ3n) is 5.87. The summed E-state index contributed by atoms with van der Waals surface area (Å²) in [6.45, 7) is 2.49. The zero-order valence-corrected chi connectivity index (χ0v) is 19.3. The number of benzene rings is 2. The molecule has 0 unspecified atom stereocenters. The highest BCUT2D eigenvalue weighted by atomic mass is 32.2. The van der Waals surface area contributed by atoms with Crippen LogP contribution in [-0.2, 0) is 27.7 Å². The lowest BCUT2D eigenvalue weighted by molar-refractivity contribution is -0.121. The molecule has 1 aliphatic carbocycles. The number of thiazole rings is 1. The van der Waals surface area contributed by atoms with Gasteiger partial charge in [0.1, 0.15) is 5.75 Å². The van der Waals surface area contributed by atoms with Crippen molar-refractivity contribution in [2.75, 3.05) is 22.8 Å². The maximum Gasteiger partial charge on any atom is 0.265 e. The molecule has 0 spiro atoms. The van der Waals surface area contributed by atoms with E-state index in [0.717, 1.165) is 36.8 Å². The minimum atomic E-state index is -3.73. The number of carbonyl (C=O) groups excluding carboxylic acids is 1. The number of aromatic nitrogens is 1. The minimum Gasteiger partial charge on any atom is -0.482 e. The molecule has 0 bridgehead atoms. The Hall–Kier alpha value is -2.91. The molecule has 1 aliphatic heterocycles. The first-order valence-electron chi connectivity index (χ1n) is 10.6. The summed E-state index contributed by atoms with van der Waals surface area (Å²) in [5.41, 5.74) is 4.48. The Labute approximate surface area is 191 Å². The summed E-state index contributed by atoms with van der Waals surface area (Å²) in [6, 6.07) is 10.9. The van der Waals surface area contributed by atoms with Gasteiger partial charge < -0.3 is 9.64 Å². The van der Waals surface area contributed by atoms with Crippen molar-refractivity contribution >= 4 is 38.1 Å². The number of hydrogen-bond donors (Lipinski definition) is 1. The van der Waals surface area contributed by atoms with Crippen LogP contribution in [0.3, 0.4) is 0 Å². The van der Waals surface area contributed by atoms with Crippen molar-refractivity contribution in [1.82, 2.24) is 4.98 Å². The van der Waals surface area contributed by atoms with Crippen LogP contribution < -0.4 is 14.4 Å². The number of fused-ring (bicyclic) bond motifs is 2. The molecule has 1 aromatic heterocycles. The lowest BCUT2D eigenvalue weighted by Gasteiger charge is -2.28. The first kappa shape index (κ1) is 21.0. The van der Waals surface area contributed by atoms with Gasteiger partial charge in [-0.2, -0.15) is 0 Å². The average Bonchev–Trinajstić information content (AvgIpc) is 3.26. The smallest absolute Gasteiger partial charge is 0.265 e. The Bertz CT molecular complexity index is 1300. The third kappa shape index (κ3) is 3.86. The molecular weight excluding hydrogens is 446 g/mol. The third-order valence-corrected chi connectivity index (χ3v) is 8.09. The van der Waals surface area contributed by atoms with E-state index in [1.807, 2.05) is 31.2 Å². The van der Waals surface area contributed by atoms with E-state index in [9.17, 15) is 13.2 Å². The van der Waals surface area contributed by atoms with Crippen LogP contribution in [0.1, 0.15) is 30.9 Å². The molecule has 1 N–H and O–H groups in total. The summed E-state index contributed by atoms with van der Waals surface area (Å²) in [5.74, 6) is 0.563. The summed E-state index contributed by atoms with van der Waals surface area (Å²) in [5, 5.41) is 2.10. The van der Waals surface area contributed by atoms with Crippen molar-refractivity contribution in [2.45, 2.75) is 37.5 Å². The van der Waals surface area contributed by atoms with Gasteiger partial charge in [0.25, 0.3) is 15.9 Å². The Balaban J connectivity index is 1.40. The molecule has 7 nitrogen and oxygen atoms in total. The largest absolute Gasteiger partial charge is 0.482 e. The van der Waals surface area contributed by atoms with Crippen LogP contribution in [0.15, 0.2) is 46.7 Å². The molecule has 0 radical (unpaired) electrons. The summed E-state index contributed by atoms with van der Waals surface area (Å²) in [7, 11) is -3.73. The normalized spacial score (nSPS) is 15.7. The number of ether oxygens (including phenoxy) is 1. The van der Waals surface area contributed by atoms with Gasteiger partial charge >= 0.3 is 0 Å². The van der Waals surface area contributed by atoms with Gasteiger partial charge in [-0.1, -0.05) is 6.07 Å². The van der Waals surface area contributed by atoms with Crippen molar-refractivity contribution < 1.29 is 17.9 Å². The molecule has 32 heavy (non-hydrogen) atoms. The first-order valence-corrected chi connectivity index (χ1v) is 13.0. The van der Waals surface area contributed by atoms with Crippen LogP contribution in [0, 0.1) is 0 Å². The Morgan fingerprint density at radius 1 is 1.12 bits per heavy atom. The molecular formula is C23H23N3O4S2. The van der Waals surface area contributed by atoms with Crippen LogP contribution in [0.4, 0.5) is 10.8 Å². The molecule has 2 aromatic carbocycles. The fourth-order valence-electron chi connectivity index (χ4n) is 4.21. The number of nitrogens with zero attached hydrogens (tertiary/aromatic N) is 2. The van der Waals surface area contributed by atoms with Crippen LogP contribution >= 0.6 is 11.3 Å². The van der Waals surface area contributed by atoms with Gasteiger partial charge in [-0.15, -0.1) is 11.3 Å². The van der Waals surface area contributed by atoms with Crippen LogP contribution in [0.25, 0.3) is 11.3 Å². The van der Waals surface area contributed by atoms with E-state index in [4.69, 9.17) is 4.74 Å². The first-order chi connectivity index (χ1) is 15.4. The number of nitrogens with one attached hydrogen (secondary N) is 1. The summed E-state index contributed by atoms with van der Waals surface area (Å²) >= 11 is 1.23. The highest BCUT2D eigenvalue weighted by molar-refractivity contribution is 7.93. The predicted octanol–water partition coefficient (Wildman–Crippen LogP) is 4.24. The SMILES string of the molecule is CCN1C(=O)COc2ccc(-c3csc(NS(=O)(=O)c4ccc5c(c4)CCCC5)n3)cc21. The zero-order chi connectivity index (χ0) is 22.3. The van der Waals surface area contributed by atoms with Crippen molar-refractivity contribution in [3.05, 3.63) is 52.9 Å². The number of hydrogen-bond acceptors (Lipinski definition) is 6. The minimum absolute atomic E-state index is 0.0332. The maximum atomic E-state index is 12.9. The second kappa shape index (κ2) is 8.22. The molecule has 5 rings (SSSR count). The second-order valence-corrected chi connectivity index (χ2v) is 10.4.